The number of rotatable bonds is 3. The summed E-state index contributed by atoms with van der Waals surface area (Å²) in [6.07, 6.45) is 1.93. The quantitative estimate of drug-likeness (QED) is 0.868. The highest BCUT2D eigenvalue weighted by atomic mass is 32.1. The van der Waals surface area contributed by atoms with Crippen LogP contribution in [0, 0.1) is 6.92 Å². The van der Waals surface area contributed by atoms with Crippen molar-refractivity contribution in [2.45, 2.75) is 13.5 Å². The lowest BCUT2D eigenvalue weighted by Crippen LogP contribution is -2.30. The number of hydrogen-bond acceptors (Lipinski definition) is 3. The fourth-order valence-corrected chi connectivity index (χ4v) is 3.30. The summed E-state index contributed by atoms with van der Waals surface area (Å²) in [5.41, 5.74) is 2.90. The molecule has 0 radical (unpaired) electrons. The molecule has 0 spiro atoms. The lowest BCUT2D eigenvalue weighted by molar-refractivity contribution is -0.126. The Bertz CT molecular complexity index is 702. The topological polar surface area (TPSA) is 29.5 Å². The van der Waals surface area contributed by atoms with Crippen LogP contribution in [-0.4, -0.2) is 24.5 Å². The highest BCUT2D eigenvalue weighted by Crippen LogP contribution is 2.27. The number of fused-ring (bicyclic) bond motifs is 1. The van der Waals surface area contributed by atoms with Gasteiger partial charge in [-0.1, -0.05) is 18.2 Å². The molecule has 3 nitrogen and oxygen atoms in total. The van der Waals surface area contributed by atoms with Gasteiger partial charge in [0.1, 0.15) is 12.4 Å². The number of para-hydroxylation sites is 1. The Morgan fingerprint density at radius 1 is 1.33 bits per heavy atom. The smallest absolute Gasteiger partial charge is 0.253 e. The number of likely N-dealkylation sites (N-methyl/N-ethyl adjacent to an activating group) is 1. The van der Waals surface area contributed by atoms with Gasteiger partial charge in [0.2, 0.25) is 0 Å². The average Bonchev–Trinajstić information content (AvgIpc) is 2.91. The van der Waals surface area contributed by atoms with E-state index in [-0.39, 0.29) is 5.91 Å². The minimum atomic E-state index is 0.0253. The zero-order chi connectivity index (χ0) is 14.8. The first-order valence-corrected chi connectivity index (χ1v) is 7.74. The lowest BCUT2D eigenvalue weighted by atomic mass is 10.1. The van der Waals surface area contributed by atoms with Crippen LogP contribution in [0.5, 0.6) is 5.75 Å². The molecule has 1 aliphatic rings. The molecular formula is C17H17NO2S. The van der Waals surface area contributed by atoms with Gasteiger partial charge in [0, 0.05) is 17.5 Å². The molecule has 0 N–H and O–H groups in total. The van der Waals surface area contributed by atoms with Crippen LogP contribution in [0.25, 0.3) is 6.08 Å². The molecule has 0 atom stereocenters. The summed E-state index contributed by atoms with van der Waals surface area (Å²) < 4.78 is 5.65. The number of carbonyl (C=O) groups is 1. The van der Waals surface area contributed by atoms with Crippen molar-refractivity contribution in [2.75, 3.05) is 13.7 Å². The van der Waals surface area contributed by atoms with Crippen molar-refractivity contribution in [1.29, 1.82) is 0 Å². The first kappa shape index (κ1) is 13.9. The minimum Gasteiger partial charge on any atom is -0.488 e. The number of benzene rings is 1. The van der Waals surface area contributed by atoms with Crippen molar-refractivity contribution in [3.8, 4) is 5.75 Å². The molecule has 0 saturated carbocycles. The Kier molecular flexibility index (Phi) is 3.80. The molecule has 1 amide bonds. The van der Waals surface area contributed by atoms with Crippen molar-refractivity contribution in [3.63, 3.8) is 0 Å². The van der Waals surface area contributed by atoms with E-state index in [1.165, 1.54) is 10.4 Å². The van der Waals surface area contributed by atoms with E-state index < -0.39 is 0 Å². The Balaban J connectivity index is 1.77. The van der Waals surface area contributed by atoms with Gasteiger partial charge in [-0.2, -0.15) is 0 Å². The van der Waals surface area contributed by atoms with Crippen molar-refractivity contribution >= 4 is 23.3 Å². The number of aryl methyl sites for hydroxylation is 1. The summed E-state index contributed by atoms with van der Waals surface area (Å²) in [4.78, 5) is 15.5. The van der Waals surface area contributed by atoms with Crippen LogP contribution in [-0.2, 0) is 11.3 Å². The van der Waals surface area contributed by atoms with Crippen molar-refractivity contribution in [3.05, 3.63) is 57.3 Å². The molecule has 4 heteroatoms. The van der Waals surface area contributed by atoms with Gasteiger partial charge in [0.15, 0.2) is 0 Å². The Morgan fingerprint density at radius 3 is 2.90 bits per heavy atom. The number of amides is 1. The van der Waals surface area contributed by atoms with Crippen LogP contribution in [0.15, 0.2) is 41.3 Å². The maximum absolute atomic E-state index is 12.5. The number of nitrogens with zero attached hydrogens (tertiary/aromatic N) is 1. The Morgan fingerprint density at radius 2 is 2.14 bits per heavy atom. The van der Waals surface area contributed by atoms with E-state index in [0.717, 1.165) is 11.3 Å². The fraction of sp³-hybridized carbons (Fsp3) is 0.235. The summed E-state index contributed by atoms with van der Waals surface area (Å²) in [5.74, 6) is 0.864. The molecule has 1 aromatic carbocycles. The second kappa shape index (κ2) is 5.74. The van der Waals surface area contributed by atoms with Crippen LogP contribution in [0.4, 0.5) is 0 Å². The zero-order valence-electron chi connectivity index (χ0n) is 12.1. The maximum Gasteiger partial charge on any atom is 0.253 e. The SMILES string of the molecule is Cc1ccsc1CN(C)C(=O)C1=Cc2ccccc2OC1. The summed E-state index contributed by atoms with van der Waals surface area (Å²) >= 11 is 1.69. The van der Waals surface area contributed by atoms with Crippen LogP contribution in [0.3, 0.4) is 0 Å². The molecule has 0 fully saturated rings. The standard InChI is InChI=1S/C17H17NO2S/c1-12-7-8-21-16(12)10-18(2)17(19)14-9-13-5-3-4-6-15(13)20-11-14/h3-9H,10-11H2,1-2H3. The van der Waals surface area contributed by atoms with Gasteiger partial charge in [-0.15, -0.1) is 11.3 Å². The molecule has 1 aromatic heterocycles. The number of carbonyl (C=O) groups excluding carboxylic acids is 1. The zero-order valence-corrected chi connectivity index (χ0v) is 12.9. The highest BCUT2D eigenvalue weighted by Gasteiger charge is 2.20. The van der Waals surface area contributed by atoms with Crippen molar-refractivity contribution < 1.29 is 9.53 Å². The summed E-state index contributed by atoms with van der Waals surface area (Å²) in [7, 11) is 1.84. The summed E-state index contributed by atoms with van der Waals surface area (Å²) in [5, 5.41) is 2.06. The van der Waals surface area contributed by atoms with E-state index in [1.54, 1.807) is 16.2 Å². The van der Waals surface area contributed by atoms with Gasteiger partial charge in [0.25, 0.3) is 5.91 Å². The largest absolute Gasteiger partial charge is 0.488 e. The monoisotopic (exact) mass is 299 g/mol. The number of hydrogen-bond donors (Lipinski definition) is 0. The fourth-order valence-electron chi connectivity index (χ4n) is 2.34. The van der Waals surface area contributed by atoms with Crippen LogP contribution in [0.2, 0.25) is 0 Å². The highest BCUT2D eigenvalue weighted by molar-refractivity contribution is 7.10. The van der Waals surface area contributed by atoms with E-state index in [0.29, 0.717) is 18.7 Å². The van der Waals surface area contributed by atoms with Crippen LogP contribution in [0.1, 0.15) is 16.0 Å². The third-order valence-corrected chi connectivity index (χ3v) is 4.61. The molecule has 0 bridgehead atoms. The van der Waals surface area contributed by atoms with Crippen LogP contribution < -0.4 is 4.74 Å². The third-order valence-electron chi connectivity index (χ3n) is 3.60. The molecular weight excluding hydrogens is 282 g/mol. The maximum atomic E-state index is 12.5. The van der Waals surface area contributed by atoms with E-state index in [2.05, 4.69) is 18.4 Å². The minimum absolute atomic E-state index is 0.0253. The second-order valence-electron chi connectivity index (χ2n) is 5.18. The molecule has 0 unspecified atom stereocenters. The third kappa shape index (κ3) is 2.85. The molecule has 108 valence electrons. The molecule has 2 heterocycles. The second-order valence-corrected chi connectivity index (χ2v) is 6.18. The average molecular weight is 299 g/mol. The van der Waals surface area contributed by atoms with Crippen molar-refractivity contribution in [1.82, 2.24) is 4.90 Å². The molecule has 0 saturated heterocycles. The molecule has 21 heavy (non-hydrogen) atoms. The molecule has 3 rings (SSSR count). The molecule has 0 aliphatic carbocycles. The number of ether oxygens (including phenoxy) is 1. The van der Waals surface area contributed by atoms with Gasteiger partial charge in [-0.05, 0) is 36.1 Å². The van der Waals surface area contributed by atoms with Gasteiger partial charge in [-0.25, -0.2) is 0 Å². The van der Waals surface area contributed by atoms with Gasteiger partial charge >= 0.3 is 0 Å². The van der Waals surface area contributed by atoms with E-state index in [4.69, 9.17) is 4.74 Å². The van der Waals surface area contributed by atoms with E-state index >= 15 is 0 Å². The van der Waals surface area contributed by atoms with Gasteiger partial charge in [0.05, 0.1) is 12.1 Å². The number of thiophene rings is 1. The van der Waals surface area contributed by atoms with E-state index in [1.807, 2.05) is 37.4 Å². The van der Waals surface area contributed by atoms with Crippen LogP contribution >= 0.6 is 11.3 Å². The van der Waals surface area contributed by atoms with Gasteiger partial charge < -0.3 is 9.64 Å². The predicted molar refractivity (Wildman–Crippen MR) is 85.4 cm³/mol. The van der Waals surface area contributed by atoms with Crippen molar-refractivity contribution in [2.24, 2.45) is 0 Å². The first-order valence-electron chi connectivity index (χ1n) is 6.86. The lowest BCUT2D eigenvalue weighted by Gasteiger charge is -2.22. The van der Waals surface area contributed by atoms with E-state index in [9.17, 15) is 4.79 Å². The first-order chi connectivity index (χ1) is 10.1. The molecule has 1 aliphatic heterocycles. The summed E-state index contributed by atoms with van der Waals surface area (Å²) in [6.45, 7) is 3.05. The predicted octanol–water partition coefficient (Wildman–Crippen LogP) is 3.49. The summed E-state index contributed by atoms with van der Waals surface area (Å²) in [6, 6.07) is 9.85. The van der Waals surface area contributed by atoms with Gasteiger partial charge in [-0.3, -0.25) is 4.79 Å². The Hall–Kier alpha value is -2.07. The normalized spacial score (nSPS) is 13.1. The molecule has 2 aromatic rings. The Labute approximate surface area is 128 Å².